The lowest BCUT2D eigenvalue weighted by atomic mass is 10.2. The number of halogens is 2. The SMILES string of the molecule is CCNCc1c(F)ccc(S(=O)(=O)N(C)C(C)C)c1F. The van der Waals surface area contributed by atoms with Crippen LogP contribution in [0.3, 0.4) is 0 Å². The van der Waals surface area contributed by atoms with E-state index >= 15 is 0 Å². The first kappa shape index (κ1) is 17.0. The van der Waals surface area contributed by atoms with E-state index in [-0.39, 0.29) is 18.2 Å². The Bertz CT molecular complexity index is 574. The van der Waals surface area contributed by atoms with Crippen LogP contribution in [0.5, 0.6) is 0 Å². The van der Waals surface area contributed by atoms with Crippen LogP contribution < -0.4 is 5.32 Å². The molecule has 0 aliphatic rings. The minimum Gasteiger partial charge on any atom is -0.313 e. The van der Waals surface area contributed by atoms with Crippen LogP contribution in [-0.4, -0.2) is 32.4 Å². The Labute approximate surface area is 118 Å². The van der Waals surface area contributed by atoms with Gasteiger partial charge in [-0.1, -0.05) is 6.92 Å². The summed E-state index contributed by atoms with van der Waals surface area (Å²) in [6.07, 6.45) is 0. The van der Waals surface area contributed by atoms with Crippen LogP contribution in [0.25, 0.3) is 0 Å². The Kier molecular flexibility index (Phi) is 5.61. The first-order chi connectivity index (χ1) is 9.23. The van der Waals surface area contributed by atoms with Gasteiger partial charge >= 0.3 is 0 Å². The molecule has 1 N–H and O–H groups in total. The summed E-state index contributed by atoms with van der Waals surface area (Å²) in [5.74, 6) is -1.78. The molecule has 114 valence electrons. The van der Waals surface area contributed by atoms with Gasteiger partial charge in [-0.15, -0.1) is 0 Å². The smallest absolute Gasteiger partial charge is 0.245 e. The highest BCUT2D eigenvalue weighted by atomic mass is 32.2. The largest absolute Gasteiger partial charge is 0.313 e. The van der Waals surface area contributed by atoms with Gasteiger partial charge in [0.05, 0.1) is 0 Å². The third kappa shape index (κ3) is 3.34. The minimum absolute atomic E-state index is 0.0527. The Morgan fingerprint density at radius 2 is 1.90 bits per heavy atom. The van der Waals surface area contributed by atoms with Crippen molar-refractivity contribution in [1.82, 2.24) is 9.62 Å². The Morgan fingerprint density at radius 3 is 2.40 bits per heavy atom. The predicted octanol–water partition coefficient (Wildman–Crippen LogP) is 2.10. The molecular formula is C13H20F2N2O2S. The highest BCUT2D eigenvalue weighted by Gasteiger charge is 2.28. The summed E-state index contributed by atoms with van der Waals surface area (Å²) in [5.41, 5.74) is -0.259. The average molecular weight is 306 g/mol. The summed E-state index contributed by atoms with van der Waals surface area (Å²) >= 11 is 0. The number of nitrogens with zero attached hydrogens (tertiary/aromatic N) is 1. The monoisotopic (exact) mass is 306 g/mol. The fourth-order valence-corrected chi connectivity index (χ4v) is 3.08. The topological polar surface area (TPSA) is 49.4 Å². The van der Waals surface area contributed by atoms with Crippen LogP contribution in [0.4, 0.5) is 8.78 Å². The second kappa shape index (κ2) is 6.60. The summed E-state index contributed by atoms with van der Waals surface area (Å²) < 4.78 is 53.5. The molecule has 0 aliphatic heterocycles. The van der Waals surface area contributed by atoms with E-state index in [9.17, 15) is 17.2 Å². The van der Waals surface area contributed by atoms with E-state index < -0.39 is 26.6 Å². The number of rotatable bonds is 6. The van der Waals surface area contributed by atoms with Crippen LogP contribution >= 0.6 is 0 Å². The maximum atomic E-state index is 14.3. The lowest BCUT2D eigenvalue weighted by molar-refractivity contribution is 0.406. The van der Waals surface area contributed by atoms with E-state index in [1.807, 2.05) is 0 Å². The molecule has 0 fully saturated rings. The maximum absolute atomic E-state index is 14.3. The summed E-state index contributed by atoms with van der Waals surface area (Å²) in [4.78, 5) is -0.497. The van der Waals surface area contributed by atoms with Crippen LogP contribution in [-0.2, 0) is 16.6 Å². The normalized spacial score (nSPS) is 12.4. The van der Waals surface area contributed by atoms with E-state index in [1.54, 1.807) is 20.8 Å². The van der Waals surface area contributed by atoms with Crippen molar-refractivity contribution in [1.29, 1.82) is 0 Å². The molecule has 0 unspecified atom stereocenters. The second-order valence-electron chi connectivity index (χ2n) is 4.73. The third-order valence-corrected chi connectivity index (χ3v) is 5.14. The van der Waals surface area contributed by atoms with E-state index in [2.05, 4.69) is 5.32 Å². The van der Waals surface area contributed by atoms with Crippen molar-refractivity contribution in [2.45, 2.75) is 38.3 Å². The van der Waals surface area contributed by atoms with Gasteiger partial charge in [-0.3, -0.25) is 0 Å². The molecule has 1 aromatic carbocycles. The molecule has 20 heavy (non-hydrogen) atoms. The van der Waals surface area contributed by atoms with Gasteiger partial charge in [-0.2, -0.15) is 4.31 Å². The van der Waals surface area contributed by atoms with Gasteiger partial charge in [-0.25, -0.2) is 17.2 Å². The van der Waals surface area contributed by atoms with Crippen molar-refractivity contribution < 1.29 is 17.2 Å². The lowest BCUT2D eigenvalue weighted by Gasteiger charge is -2.22. The Hall–Kier alpha value is -1.05. The first-order valence-corrected chi connectivity index (χ1v) is 7.83. The number of benzene rings is 1. The molecule has 0 heterocycles. The van der Waals surface area contributed by atoms with Gasteiger partial charge in [0, 0.05) is 25.2 Å². The number of nitrogens with one attached hydrogen (secondary N) is 1. The molecule has 0 aromatic heterocycles. The highest BCUT2D eigenvalue weighted by molar-refractivity contribution is 7.89. The molecule has 0 atom stereocenters. The second-order valence-corrected chi connectivity index (χ2v) is 6.70. The van der Waals surface area contributed by atoms with E-state index in [1.165, 1.54) is 7.05 Å². The van der Waals surface area contributed by atoms with Gasteiger partial charge in [-0.05, 0) is 32.5 Å². The maximum Gasteiger partial charge on any atom is 0.245 e. The molecular weight excluding hydrogens is 286 g/mol. The average Bonchev–Trinajstić information content (AvgIpc) is 2.37. The van der Waals surface area contributed by atoms with E-state index in [0.29, 0.717) is 6.54 Å². The molecule has 0 aliphatic carbocycles. The molecule has 7 heteroatoms. The zero-order valence-electron chi connectivity index (χ0n) is 12.1. The van der Waals surface area contributed by atoms with Crippen molar-refractivity contribution in [3.8, 4) is 0 Å². The Morgan fingerprint density at radius 1 is 1.30 bits per heavy atom. The highest BCUT2D eigenvalue weighted by Crippen LogP contribution is 2.24. The van der Waals surface area contributed by atoms with Crippen LogP contribution in [0.1, 0.15) is 26.3 Å². The van der Waals surface area contributed by atoms with Crippen LogP contribution in [0.15, 0.2) is 17.0 Å². The molecule has 0 saturated heterocycles. The summed E-state index contributed by atoms with van der Waals surface area (Å²) in [5, 5.41) is 2.79. The Balaban J connectivity index is 3.33. The van der Waals surface area contributed by atoms with E-state index in [4.69, 9.17) is 0 Å². The molecule has 0 radical (unpaired) electrons. The van der Waals surface area contributed by atoms with E-state index in [0.717, 1.165) is 16.4 Å². The number of hydrogen-bond donors (Lipinski definition) is 1. The quantitative estimate of drug-likeness (QED) is 0.875. The molecule has 0 amide bonds. The summed E-state index contributed by atoms with van der Waals surface area (Å²) in [6, 6.07) is 1.63. The third-order valence-electron chi connectivity index (χ3n) is 3.09. The van der Waals surface area contributed by atoms with Crippen LogP contribution in [0, 0.1) is 11.6 Å². The van der Waals surface area contributed by atoms with Crippen molar-refractivity contribution in [3.63, 3.8) is 0 Å². The van der Waals surface area contributed by atoms with Gasteiger partial charge in [0.15, 0.2) is 5.82 Å². The standard InChI is InChI=1S/C13H20F2N2O2S/c1-5-16-8-10-11(14)6-7-12(13(10)15)20(18,19)17(4)9(2)3/h6-7,9,16H,5,8H2,1-4H3. The van der Waals surface area contributed by atoms with Gasteiger partial charge in [0.1, 0.15) is 10.7 Å². The molecule has 1 aromatic rings. The first-order valence-electron chi connectivity index (χ1n) is 6.39. The predicted molar refractivity (Wildman–Crippen MR) is 73.8 cm³/mol. The molecule has 0 bridgehead atoms. The summed E-state index contributed by atoms with van der Waals surface area (Å²) in [6.45, 7) is 5.63. The zero-order chi connectivity index (χ0) is 15.5. The lowest BCUT2D eigenvalue weighted by Crippen LogP contribution is -2.34. The fraction of sp³-hybridized carbons (Fsp3) is 0.538. The van der Waals surface area contributed by atoms with Gasteiger partial charge in [0.25, 0.3) is 0 Å². The number of sulfonamides is 1. The van der Waals surface area contributed by atoms with Crippen LogP contribution in [0.2, 0.25) is 0 Å². The molecule has 4 nitrogen and oxygen atoms in total. The zero-order valence-corrected chi connectivity index (χ0v) is 12.9. The molecule has 1 rings (SSSR count). The van der Waals surface area contributed by atoms with Crippen molar-refractivity contribution in [3.05, 3.63) is 29.3 Å². The van der Waals surface area contributed by atoms with Gasteiger partial charge < -0.3 is 5.32 Å². The van der Waals surface area contributed by atoms with Gasteiger partial charge in [0.2, 0.25) is 10.0 Å². The van der Waals surface area contributed by atoms with Crippen molar-refractivity contribution in [2.24, 2.45) is 0 Å². The number of hydrogen-bond acceptors (Lipinski definition) is 3. The fourth-order valence-electron chi connectivity index (χ4n) is 1.62. The van der Waals surface area contributed by atoms with Crippen molar-refractivity contribution in [2.75, 3.05) is 13.6 Å². The minimum atomic E-state index is -3.97. The van der Waals surface area contributed by atoms with Crippen molar-refractivity contribution >= 4 is 10.0 Å². The molecule has 0 saturated carbocycles. The summed E-state index contributed by atoms with van der Waals surface area (Å²) in [7, 11) is -2.60. The molecule has 0 spiro atoms.